The van der Waals surface area contributed by atoms with Gasteiger partial charge in [0.1, 0.15) is 12.6 Å². The molecule has 4 nitrogen and oxygen atoms in total. The van der Waals surface area contributed by atoms with Crippen molar-refractivity contribution >= 4 is 17.5 Å². The molecule has 0 saturated carbocycles. The number of nitrogens with one attached hydrogen (secondary N) is 1. The van der Waals surface area contributed by atoms with Crippen molar-refractivity contribution < 1.29 is 9.59 Å². The molecule has 1 heterocycles. The second-order valence-electron chi connectivity index (χ2n) is 4.55. The average Bonchev–Trinajstić information content (AvgIpc) is 2.32. The Morgan fingerprint density at radius 3 is 2.47 bits per heavy atom. The average molecular weight is 232 g/mol. The molecule has 0 aliphatic carbocycles. The smallest absolute Gasteiger partial charge is 0.250 e. The van der Waals surface area contributed by atoms with E-state index in [0.29, 0.717) is 0 Å². The van der Waals surface area contributed by atoms with Crippen LogP contribution in [0.3, 0.4) is 0 Å². The van der Waals surface area contributed by atoms with Gasteiger partial charge in [0, 0.05) is 5.69 Å². The largest absolute Gasteiger partial charge is 0.342 e. The number of hydrogen-bond donors (Lipinski definition) is 1. The van der Waals surface area contributed by atoms with Gasteiger partial charge in [0.25, 0.3) is 0 Å². The number of carbonyl (C=O) groups is 2. The number of benzene rings is 1. The van der Waals surface area contributed by atoms with Crippen LogP contribution in [0, 0.1) is 5.92 Å². The van der Waals surface area contributed by atoms with Gasteiger partial charge in [-0.1, -0.05) is 32.0 Å². The van der Waals surface area contributed by atoms with Crippen molar-refractivity contribution in [3.05, 3.63) is 30.3 Å². The Bertz CT molecular complexity index is 428. The van der Waals surface area contributed by atoms with Crippen LogP contribution in [0.15, 0.2) is 30.3 Å². The van der Waals surface area contributed by atoms with E-state index < -0.39 is 6.04 Å². The molecule has 1 fully saturated rings. The number of nitrogens with zero attached hydrogens (tertiary/aromatic N) is 1. The zero-order chi connectivity index (χ0) is 12.4. The lowest BCUT2D eigenvalue weighted by atomic mass is 10.0. The molecule has 1 aromatic carbocycles. The van der Waals surface area contributed by atoms with E-state index in [1.807, 2.05) is 44.2 Å². The van der Waals surface area contributed by atoms with Crippen LogP contribution < -0.4 is 10.2 Å². The Labute approximate surface area is 101 Å². The first-order valence-electron chi connectivity index (χ1n) is 5.75. The fraction of sp³-hybridized carbons (Fsp3) is 0.385. The fourth-order valence-electron chi connectivity index (χ4n) is 1.95. The monoisotopic (exact) mass is 232 g/mol. The number of para-hydroxylation sites is 1. The Balaban J connectivity index is 2.28. The van der Waals surface area contributed by atoms with Gasteiger partial charge >= 0.3 is 0 Å². The van der Waals surface area contributed by atoms with Crippen LogP contribution in [0.2, 0.25) is 0 Å². The lowest BCUT2D eigenvalue weighted by molar-refractivity contribution is -0.132. The van der Waals surface area contributed by atoms with Gasteiger partial charge in [-0.15, -0.1) is 0 Å². The van der Waals surface area contributed by atoms with E-state index in [-0.39, 0.29) is 24.3 Å². The lowest BCUT2D eigenvalue weighted by Gasteiger charge is -2.34. The van der Waals surface area contributed by atoms with Crippen molar-refractivity contribution in [2.45, 2.75) is 19.9 Å². The highest BCUT2D eigenvalue weighted by atomic mass is 16.2. The summed E-state index contributed by atoms with van der Waals surface area (Å²) in [5.74, 6) is -0.0454. The molecular weight excluding hydrogens is 216 g/mol. The van der Waals surface area contributed by atoms with Crippen molar-refractivity contribution in [2.75, 3.05) is 11.4 Å². The van der Waals surface area contributed by atoms with E-state index in [1.165, 1.54) is 0 Å². The van der Waals surface area contributed by atoms with Crippen LogP contribution in [-0.2, 0) is 9.59 Å². The van der Waals surface area contributed by atoms with E-state index in [1.54, 1.807) is 4.90 Å². The lowest BCUT2D eigenvalue weighted by Crippen LogP contribution is -2.60. The molecule has 1 N–H and O–H groups in total. The Kier molecular flexibility index (Phi) is 3.13. The van der Waals surface area contributed by atoms with E-state index in [4.69, 9.17) is 0 Å². The van der Waals surface area contributed by atoms with Crippen molar-refractivity contribution in [2.24, 2.45) is 5.92 Å². The minimum atomic E-state index is -0.420. The third-order valence-corrected chi connectivity index (χ3v) is 2.88. The highest BCUT2D eigenvalue weighted by molar-refractivity contribution is 6.06. The van der Waals surface area contributed by atoms with E-state index in [0.717, 1.165) is 5.69 Å². The van der Waals surface area contributed by atoms with E-state index in [9.17, 15) is 9.59 Å². The fourth-order valence-corrected chi connectivity index (χ4v) is 1.95. The predicted molar refractivity (Wildman–Crippen MR) is 65.6 cm³/mol. The molecule has 90 valence electrons. The quantitative estimate of drug-likeness (QED) is 0.832. The summed E-state index contributed by atoms with van der Waals surface area (Å²) in [5, 5.41) is 2.74. The number of amides is 2. The molecule has 17 heavy (non-hydrogen) atoms. The van der Waals surface area contributed by atoms with Crippen molar-refractivity contribution in [1.82, 2.24) is 5.32 Å². The van der Waals surface area contributed by atoms with Gasteiger partial charge in [-0.25, -0.2) is 0 Å². The Morgan fingerprint density at radius 2 is 1.88 bits per heavy atom. The molecule has 2 amide bonds. The summed E-state index contributed by atoms with van der Waals surface area (Å²) >= 11 is 0. The standard InChI is InChI=1S/C13H16N2O2/c1-9(2)12-13(17)15(8-11(16)14-12)10-6-4-3-5-7-10/h3-7,9,12H,8H2,1-2H3,(H,14,16). The van der Waals surface area contributed by atoms with Gasteiger partial charge in [0.15, 0.2) is 0 Å². The number of piperazine rings is 1. The molecule has 1 aliphatic rings. The maximum absolute atomic E-state index is 12.2. The summed E-state index contributed by atoms with van der Waals surface area (Å²) in [5.41, 5.74) is 0.776. The Morgan fingerprint density at radius 1 is 1.24 bits per heavy atom. The molecule has 0 spiro atoms. The molecule has 4 heteroatoms. The SMILES string of the molecule is CC(C)C1NC(=O)CN(c2ccccc2)C1=O. The molecular formula is C13H16N2O2. The molecule has 1 saturated heterocycles. The van der Waals surface area contributed by atoms with Crippen molar-refractivity contribution in [1.29, 1.82) is 0 Å². The molecule has 1 aromatic rings. The van der Waals surface area contributed by atoms with Crippen molar-refractivity contribution in [3.8, 4) is 0 Å². The van der Waals surface area contributed by atoms with Crippen LogP contribution in [0.1, 0.15) is 13.8 Å². The zero-order valence-electron chi connectivity index (χ0n) is 10.0. The van der Waals surface area contributed by atoms with Crippen LogP contribution in [0.5, 0.6) is 0 Å². The molecule has 2 rings (SSSR count). The summed E-state index contributed by atoms with van der Waals surface area (Å²) in [6.07, 6.45) is 0. The summed E-state index contributed by atoms with van der Waals surface area (Å²) < 4.78 is 0. The van der Waals surface area contributed by atoms with Crippen LogP contribution in [0.25, 0.3) is 0 Å². The second-order valence-corrected chi connectivity index (χ2v) is 4.55. The predicted octanol–water partition coefficient (Wildman–Crippen LogP) is 1.17. The highest BCUT2D eigenvalue weighted by Gasteiger charge is 2.34. The van der Waals surface area contributed by atoms with Gasteiger partial charge in [0.05, 0.1) is 0 Å². The molecule has 1 aliphatic heterocycles. The first-order chi connectivity index (χ1) is 8.09. The summed E-state index contributed by atoms with van der Waals surface area (Å²) in [6, 6.07) is 8.87. The maximum atomic E-state index is 12.2. The van der Waals surface area contributed by atoms with Crippen LogP contribution >= 0.6 is 0 Å². The third kappa shape index (κ3) is 2.30. The van der Waals surface area contributed by atoms with Gasteiger partial charge in [-0.2, -0.15) is 0 Å². The first-order valence-corrected chi connectivity index (χ1v) is 5.75. The summed E-state index contributed by atoms with van der Waals surface area (Å²) in [4.78, 5) is 25.4. The number of carbonyl (C=O) groups excluding carboxylic acids is 2. The summed E-state index contributed by atoms with van der Waals surface area (Å²) in [6.45, 7) is 3.96. The summed E-state index contributed by atoms with van der Waals surface area (Å²) in [7, 11) is 0. The van der Waals surface area contributed by atoms with Gasteiger partial charge in [-0.05, 0) is 18.1 Å². The van der Waals surface area contributed by atoms with E-state index in [2.05, 4.69) is 5.32 Å². The number of rotatable bonds is 2. The van der Waals surface area contributed by atoms with Crippen LogP contribution in [-0.4, -0.2) is 24.4 Å². The number of hydrogen-bond acceptors (Lipinski definition) is 2. The highest BCUT2D eigenvalue weighted by Crippen LogP contribution is 2.19. The van der Waals surface area contributed by atoms with E-state index >= 15 is 0 Å². The number of anilines is 1. The normalized spacial score (nSPS) is 20.6. The molecule has 0 radical (unpaired) electrons. The Hall–Kier alpha value is -1.84. The molecule has 1 unspecified atom stereocenters. The molecule has 1 atom stereocenters. The van der Waals surface area contributed by atoms with Gasteiger partial charge in [-0.3, -0.25) is 9.59 Å². The molecule has 0 aromatic heterocycles. The topological polar surface area (TPSA) is 49.4 Å². The third-order valence-electron chi connectivity index (χ3n) is 2.88. The maximum Gasteiger partial charge on any atom is 0.250 e. The van der Waals surface area contributed by atoms with Gasteiger partial charge < -0.3 is 10.2 Å². The van der Waals surface area contributed by atoms with Gasteiger partial charge in [0.2, 0.25) is 11.8 Å². The second kappa shape index (κ2) is 4.57. The van der Waals surface area contributed by atoms with Crippen LogP contribution in [0.4, 0.5) is 5.69 Å². The van der Waals surface area contributed by atoms with Crippen molar-refractivity contribution in [3.63, 3.8) is 0 Å². The first kappa shape index (κ1) is 11.6. The zero-order valence-corrected chi connectivity index (χ0v) is 10.0. The minimum Gasteiger partial charge on any atom is -0.342 e. The minimum absolute atomic E-state index is 0.0363. The molecule has 0 bridgehead atoms.